The molecule has 9 nitrogen and oxygen atoms in total. The van der Waals surface area contributed by atoms with E-state index in [-0.39, 0.29) is 30.8 Å². The molecule has 2 aliphatic rings. The number of fused-ring (bicyclic) bond motifs is 4. The number of phenolic OH excluding ortho intramolecular Hbond substituents is 2. The van der Waals surface area contributed by atoms with Gasteiger partial charge in [-0.05, 0) is 49.1 Å². The highest BCUT2D eigenvalue weighted by atomic mass is 16.5. The summed E-state index contributed by atoms with van der Waals surface area (Å²) >= 11 is 0. The van der Waals surface area contributed by atoms with E-state index in [9.17, 15) is 15.3 Å². The van der Waals surface area contributed by atoms with Crippen molar-refractivity contribution in [2.75, 3.05) is 28.4 Å². The summed E-state index contributed by atoms with van der Waals surface area (Å²) in [6, 6.07) is 7.15. The third kappa shape index (κ3) is 4.02. The molecule has 41 heavy (non-hydrogen) atoms. The predicted molar refractivity (Wildman–Crippen MR) is 154 cm³/mol. The molecule has 2 heterocycles. The minimum Gasteiger partial charge on any atom is -0.507 e. The number of methoxy groups -OCH3 is 4. The molecule has 0 radical (unpaired) electrons. The molecular weight excluding hydrogens is 528 g/mol. The number of rotatable bonds is 5. The van der Waals surface area contributed by atoms with Crippen molar-refractivity contribution in [3.8, 4) is 45.6 Å². The minimum atomic E-state index is -1.05. The van der Waals surface area contributed by atoms with Crippen LogP contribution in [-0.2, 0) is 29.1 Å². The minimum absolute atomic E-state index is 0.0204. The molecule has 4 aromatic carbocycles. The van der Waals surface area contributed by atoms with Crippen LogP contribution in [0.25, 0.3) is 32.7 Å². The number of phenols is 2. The molecule has 0 saturated heterocycles. The van der Waals surface area contributed by atoms with Gasteiger partial charge in [0.25, 0.3) is 0 Å². The molecule has 3 atom stereocenters. The van der Waals surface area contributed by atoms with Crippen molar-refractivity contribution >= 4 is 21.5 Å². The van der Waals surface area contributed by atoms with Gasteiger partial charge in [-0.15, -0.1) is 0 Å². The number of ether oxygens (including phenoxy) is 6. The van der Waals surface area contributed by atoms with Gasteiger partial charge in [-0.3, -0.25) is 0 Å². The van der Waals surface area contributed by atoms with Gasteiger partial charge in [-0.1, -0.05) is 0 Å². The number of hydrogen-bond donors (Lipinski definition) is 3. The Bertz CT molecular complexity index is 1690. The van der Waals surface area contributed by atoms with Crippen molar-refractivity contribution in [2.45, 2.75) is 51.8 Å². The van der Waals surface area contributed by atoms with E-state index in [0.29, 0.717) is 73.2 Å². The molecule has 2 aliphatic heterocycles. The van der Waals surface area contributed by atoms with E-state index in [2.05, 4.69) is 0 Å². The average molecular weight is 563 g/mol. The van der Waals surface area contributed by atoms with Gasteiger partial charge in [0.05, 0.1) is 64.6 Å². The Kier molecular flexibility index (Phi) is 6.76. The SMILES string of the molecule is COc1cc(OC)c2c(O)c3c(c(-c4c5c(c(O)c6c(OC)cc(OC)cc46)CO[C@@H](C)[C@H]5O)c2c1)C[C@H](C)OC3. The highest BCUT2D eigenvalue weighted by Crippen LogP contribution is 2.55. The van der Waals surface area contributed by atoms with Gasteiger partial charge in [-0.2, -0.15) is 0 Å². The number of aliphatic hydroxyl groups is 1. The summed E-state index contributed by atoms with van der Waals surface area (Å²) in [6.45, 7) is 4.09. The van der Waals surface area contributed by atoms with Gasteiger partial charge in [0.2, 0.25) is 0 Å². The van der Waals surface area contributed by atoms with Crippen LogP contribution in [0.1, 0.15) is 42.2 Å². The Labute approximate surface area is 237 Å². The van der Waals surface area contributed by atoms with Crippen molar-refractivity contribution < 1.29 is 43.7 Å². The first-order valence-corrected chi connectivity index (χ1v) is 13.5. The highest BCUT2D eigenvalue weighted by molar-refractivity contribution is 6.15. The third-order valence-electron chi connectivity index (χ3n) is 8.39. The lowest BCUT2D eigenvalue weighted by Gasteiger charge is -2.34. The molecule has 0 saturated carbocycles. The standard InChI is InChI=1S/C32H34O9/c1-14-7-18-21(12-40-14)31(34)26-19(8-16(36-3)10-23(26)38-5)25(18)28-20-9-17(37-4)11-24(39-6)27(20)32(35)22-13-41-15(2)30(33)29(22)28/h8-11,14-15,30,33-35H,7,12-13H2,1-6H3/t14-,15-,30+/m0/s1. The second-order valence-corrected chi connectivity index (χ2v) is 10.6. The second kappa shape index (κ2) is 10.2. The Hall–Kier alpha value is -3.92. The van der Waals surface area contributed by atoms with Crippen LogP contribution in [0.15, 0.2) is 24.3 Å². The number of hydrogen-bond acceptors (Lipinski definition) is 9. The van der Waals surface area contributed by atoms with Crippen LogP contribution in [0.2, 0.25) is 0 Å². The van der Waals surface area contributed by atoms with E-state index in [0.717, 1.165) is 11.1 Å². The fraction of sp³-hybridized carbons (Fsp3) is 0.375. The maximum atomic E-state index is 11.7. The fourth-order valence-electron chi connectivity index (χ4n) is 6.32. The van der Waals surface area contributed by atoms with Crippen LogP contribution in [0.5, 0.6) is 34.5 Å². The predicted octanol–water partition coefficient (Wildman–Crippen LogP) is 5.52. The molecule has 3 N–H and O–H groups in total. The van der Waals surface area contributed by atoms with Crippen LogP contribution in [0, 0.1) is 0 Å². The Morgan fingerprint density at radius 1 is 0.683 bits per heavy atom. The van der Waals surface area contributed by atoms with E-state index in [4.69, 9.17) is 28.4 Å². The summed E-state index contributed by atoms with van der Waals surface area (Å²) in [6.07, 6.45) is -1.20. The number of aromatic hydroxyl groups is 2. The topological polar surface area (TPSA) is 116 Å². The Morgan fingerprint density at radius 2 is 1.22 bits per heavy atom. The molecule has 9 heteroatoms. The molecule has 6 rings (SSSR count). The van der Waals surface area contributed by atoms with Crippen LogP contribution < -0.4 is 18.9 Å². The first-order valence-electron chi connectivity index (χ1n) is 13.5. The van der Waals surface area contributed by atoms with Crippen LogP contribution in [0.4, 0.5) is 0 Å². The maximum Gasteiger partial charge on any atom is 0.134 e. The molecular formula is C32H34O9. The van der Waals surface area contributed by atoms with Gasteiger partial charge < -0.3 is 43.7 Å². The zero-order valence-corrected chi connectivity index (χ0v) is 24.0. The van der Waals surface area contributed by atoms with E-state index < -0.39 is 12.2 Å². The normalized spacial score (nSPS) is 20.0. The molecule has 216 valence electrons. The summed E-state index contributed by atoms with van der Waals surface area (Å²) in [7, 11) is 6.22. The number of aliphatic hydroxyl groups excluding tert-OH is 1. The van der Waals surface area contributed by atoms with Gasteiger partial charge in [0.15, 0.2) is 0 Å². The second-order valence-electron chi connectivity index (χ2n) is 10.6. The molecule has 4 aromatic rings. The highest BCUT2D eigenvalue weighted by Gasteiger charge is 2.37. The van der Waals surface area contributed by atoms with Gasteiger partial charge in [-0.25, -0.2) is 0 Å². The van der Waals surface area contributed by atoms with Gasteiger partial charge in [0.1, 0.15) is 40.6 Å². The van der Waals surface area contributed by atoms with E-state index in [1.54, 1.807) is 40.4 Å². The quantitative estimate of drug-likeness (QED) is 0.289. The summed E-state index contributed by atoms with van der Waals surface area (Å²) in [5.74, 6) is 1.97. The van der Waals surface area contributed by atoms with Crippen LogP contribution in [-0.4, -0.2) is 56.0 Å². The summed E-state index contributed by atoms with van der Waals surface area (Å²) in [5.41, 5.74) is 4.04. The monoisotopic (exact) mass is 562 g/mol. The molecule has 0 unspecified atom stereocenters. The van der Waals surface area contributed by atoms with Crippen molar-refractivity contribution in [1.82, 2.24) is 0 Å². The van der Waals surface area contributed by atoms with E-state index >= 15 is 0 Å². The van der Waals surface area contributed by atoms with Crippen LogP contribution in [0.3, 0.4) is 0 Å². The zero-order valence-electron chi connectivity index (χ0n) is 24.0. The molecule has 0 amide bonds. The Balaban J connectivity index is 1.92. The summed E-state index contributed by atoms with van der Waals surface area (Å²) < 4.78 is 34.7. The van der Waals surface area contributed by atoms with Crippen LogP contribution >= 0.6 is 0 Å². The lowest BCUT2D eigenvalue weighted by Crippen LogP contribution is -2.27. The smallest absolute Gasteiger partial charge is 0.134 e. The van der Waals surface area contributed by atoms with Crippen molar-refractivity contribution in [2.24, 2.45) is 0 Å². The van der Waals surface area contributed by atoms with Gasteiger partial charge in [0, 0.05) is 39.6 Å². The first-order chi connectivity index (χ1) is 19.7. The largest absolute Gasteiger partial charge is 0.507 e. The molecule has 0 aromatic heterocycles. The maximum absolute atomic E-state index is 11.7. The van der Waals surface area contributed by atoms with Crippen molar-refractivity contribution in [1.29, 1.82) is 0 Å². The third-order valence-corrected chi connectivity index (χ3v) is 8.39. The molecule has 0 spiro atoms. The first kappa shape index (κ1) is 27.3. The lowest BCUT2D eigenvalue weighted by atomic mass is 9.78. The van der Waals surface area contributed by atoms with E-state index in [1.807, 2.05) is 19.1 Å². The summed E-state index contributed by atoms with van der Waals surface area (Å²) in [5, 5.41) is 37.2. The summed E-state index contributed by atoms with van der Waals surface area (Å²) in [4.78, 5) is 0. The lowest BCUT2D eigenvalue weighted by molar-refractivity contribution is -0.0527. The fourth-order valence-corrected chi connectivity index (χ4v) is 6.32. The Morgan fingerprint density at radius 3 is 1.78 bits per heavy atom. The average Bonchev–Trinajstić information content (AvgIpc) is 2.98. The molecule has 0 fully saturated rings. The number of benzene rings is 4. The zero-order chi connectivity index (χ0) is 29.2. The van der Waals surface area contributed by atoms with Crippen molar-refractivity contribution in [3.05, 3.63) is 46.5 Å². The van der Waals surface area contributed by atoms with E-state index in [1.165, 1.54) is 7.11 Å². The molecule has 0 bridgehead atoms. The van der Waals surface area contributed by atoms with Crippen molar-refractivity contribution in [3.63, 3.8) is 0 Å². The van der Waals surface area contributed by atoms with Gasteiger partial charge >= 0.3 is 0 Å². The molecule has 0 aliphatic carbocycles.